The van der Waals surface area contributed by atoms with Gasteiger partial charge in [0.25, 0.3) is 0 Å². The van der Waals surface area contributed by atoms with Crippen LogP contribution in [-0.2, 0) is 0 Å². The maximum atomic E-state index is 12.5. The first-order valence-corrected chi connectivity index (χ1v) is 10.2. The first-order chi connectivity index (χ1) is 13.7. The van der Waals surface area contributed by atoms with Crippen LogP contribution < -0.4 is 0 Å². The molecule has 3 aromatic rings. The zero-order valence-electron chi connectivity index (χ0n) is 16.4. The number of ketones is 1. The van der Waals surface area contributed by atoms with E-state index in [1.165, 1.54) is 19.3 Å². The summed E-state index contributed by atoms with van der Waals surface area (Å²) in [6.45, 7) is 4.25. The van der Waals surface area contributed by atoms with Crippen LogP contribution in [0.3, 0.4) is 0 Å². The lowest BCUT2D eigenvalue weighted by atomic mass is 10.0. The van der Waals surface area contributed by atoms with E-state index in [9.17, 15) is 4.79 Å². The van der Waals surface area contributed by atoms with Gasteiger partial charge < -0.3 is 9.88 Å². The van der Waals surface area contributed by atoms with Gasteiger partial charge in [-0.1, -0.05) is 24.6 Å². The summed E-state index contributed by atoms with van der Waals surface area (Å²) >= 11 is 0. The highest BCUT2D eigenvalue weighted by atomic mass is 16.1. The lowest BCUT2D eigenvalue weighted by molar-refractivity contribution is 0.0935. The number of nitrogens with one attached hydrogen (secondary N) is 1. The van der Waals surface area contributed by atoms with Crippen molar-refractivity contribution < 1.29 is 4.79 Å². The molecule has 1 atom stereocenters. The van der Waals surface area contributed by atoms with Crippen LogP contribution in [-0.4, -0.2) is 41.0 Å². The Bertz CT molecular complexity index is 971. The number of aromatic nitrogens is 1. The van der Waals surface area contributed by atoms with E-state index >= 15 is 0 Å². The summed E-state index contributed by atoms with van der Waals surface area (Å²) in [6, 6.07) is 16.4. The molecule has 1 fully saturated rings. The number of aliphatic imine (C=N–C) groups is 1. The second-order valence-electron chi connectivity index (χ2n) is 7.65. The lowest BCUT2D eigenvalue weighted by Gasteiger charge is -2.33. The molecule has 2 heterocycles. The number of carbonyl (C=O) groups is 1. The molecule has 28 heavy (non-hydrogen) atoms. The number of hydrogen-bond acceptors (Lipinski definition) is 3. The second-order valence-corrected chi connectivity index (χ2v) is 7.65. The molecule has 0 amide bonds. The fourth-order valence-corrected chi connectivity index (χ4v) is 3.96. The van der Waals surface area contributed by atoms with Gasteiger partial charge in [0.15, 0.2) is 5.78 Å². The molecular weight excluding hydrogens is 346 g/mol. The van der Waals surface area contributed by atoms with Crippen molar-refractivity contribution in [3.8, 4) is 0 Å². The van der Waals surface area contributed by atoms with E-state index < -0.39 is 0 Å². The first-order valence-electron chi connectivity index (χ1n) is 10.2. The molecule has 1 aromatic heterocycles. The molecule has 0 bridgehead atoms. The molecule has 1 aliphatic rings. The smallest absolute Gasteiger partial charge is 0.164 e. The number of aromatic amines is 1. The van der Waals surface area contributed by atoms with Gasteiger partial charge in [-0.2, -0.15) is 0 Å². The number of likely N-dealkylation sites (tertiary alicyclic amines) is 1. The zero-order chi connectivity index (χ0) is 19.3. The van der Waals surface area contributed by atoms with Gasteiger partial charge in [0.05, 0.1) is 5.69 Å². The van der Waals surface area contributed by atoms with Crippen molar-refractivity contribution in [2.45, 2.75) is 38.6 Å². The van der Waals surface area contributed by atoms with Crippen molar-refractivity contribution in [2.75, 3.05) is 13.1 Å². The molecule has 1 N–H and O–H groups in total. The average molecular weight is 374 g/mol. The SMILES string of the molecule is CC1CCCCN1CCC(=O)c1ccc(N=Cc2c[nH]c3ccccc23)cc1. The minimum absolute atomic E-state index is 0.213. The van der Waals surface area contributed by atoms with Gasteiger partial charge in [0.2, 0.25) is 0 Å². The van der Waals surface area contributed by atoms with Crippen molar-refractivity contribution in [2.24, 2.45) is 4.99 Å². The number of H-pyrrole nitrogens is 1. The number of Topliss-reactive ketones (excluding diaryl/α,β-unsaturated/α-hetero) is 1. The summed E-state index contributed by atoms with van der Waals surface area (Å²) in [5.41, 5.74) is 3.79. The van der Waals surface area contributed by atoms with E-state index in [0.29, 0.717) is 12.5 Å². The molecule has 0 spiro atoms. The van der Waals surface area contributed by atoms with E-state index in [1.54, 1.807) is 0 Å². The van der Waals surface area contributed by atoms with Crippen molar-refractivity contribution in [1.29, 1.82) is 0 Å². The summed E-state index contributed by atoms with van der Waals surface area (Å²) in [6.07, 6.45) is 8.23. The quantitative estimate of drug-likeness (QED) is 0.467. The predicted octanol–water partition coefficient (Wildman–Crippen LogP) is 5.37. The summed E-state index contributed by atoms with van der Waals surface area (Å²) < 4.78 is 0. The van der Waals surface area contributed by atoms with Crippen LogP contribution in [0.5, 0.6) is 0 Å². The Kier molecular flexibility index (Phi) is 5.68. The van der Waals surface area contributed by atoms with E-state index in [4.69, 9.17) is 0 Å². The highest BCUT2D eigenvalue weighted by Gasteiger charge is 2.18. The molecule has 1 aliphatic heterocycles. The van der Waals surface area contributed by atoms with Gasteiger partial charge in [-0.3, -0.25) is 9.79 Å². The van der Waals surface area contributed by atoms with E-state index in [0.717, 1.165) is 40.8 Å². The van der Waals surface area contributed by atoms with E-state index in [2.05, 4.69) is 33.9 Å². The monoisotopic (exact) mass is 373 g/mol. The molecule has 144 valence electrons. The Balaban J connectivity index is 1.37. The fourth-order valence-electron chi connectivity index (χ4n) is 3.96. The molecule has 1 saturated heterocycles. The van der Waals surface area contributed by atoms with Crippen LogP contribution in [0, 0.1) is 0 Å². The van der Waals surface area contributed by atoms with Crippen molar-refractivity contribution in [3.05, 3.63) is 65.9 Å². The van der Waals surface area contributed by atoms with Crippen LogP contribution in [0.1, 0.15) is 48.5 Å². The minimum atomic E-state index is 0.213. The van der Waals surface area contributed by atoms with Gasteiger partial charge in [-0.15, -0.1) is 0 Å². The number of benzene rings is 2. The Morgan fingerprint density at radius 2 is 2.00 bits per heavy atom. The second kappa shape index (κ2) is 8.53. The molecule has 4 nitrogen and oxygen atoms in total. The zero-order valence-corrected chi connectivity index (χ0v) is 16.4. The Morgan fingerprint density at radius 1 is 1.18 bits per heavy atom. The maximum absolute atomic E-state index is 12.5. The third kappa shape index (κ3) is 4.23. The van der Waals surface area contributed by atoms with Crippen molar-refractivity contribution in [1.82, 2.24) is 9.88 Å². The first kappa shape index (κ1) is 18.6. The predicted molar refractivity (Wildman–Crippen MR) is 116 cm³/mol. The normalized spacial score (nSPS) is 18.1. The Morgan fingerprint density at radius 3 is 2.82 bits per heavy atom. The van der Waals surface area contributed by atoms with Crippen LogP contribution in [0.25, 0.3) is 10.9 Å². The number of hydrogen-bond donors (Lipinski definition) is 1. The summed E-state index contributed by atoms with van der Waals surface area (Å²) in [7, 11) is 0. The third-order valence-electron chi connectivity index (χ3n) is 5.73. The number of nitrogens with zero attached hydrogens (tertiary/aromatic N) is 2. The minimum Gasteiger partial charge on any atom is -0.361 e. The molecule has 0 radical (unpaired) electrons. The highest BCUT2D eigenvalue weighted by molar-refractivity contribution is 6.00. The van der Waals surface area contributed by atoms with Gasteiger partial charge in [-0.05, 0) is 56.6 Å². The Labute approximate surface area is 166 Å². The van der Waals surface area contributed by atoms with Crippen molar-refractivity contribution >= 4 is 28.6 Å². The molecule has 0 saturated carbocycles. The third-order valence-corrected chi connectivity index (χ3v) is 5.73. The molecule has 4 heteroatoms. The molecule has 4 rings (SSSR count). The average Bonchev–Trinajstić information content (AvgIpc) is 3.15. The topological polar surface area (TPSA) is 48.5 Å². The van der Waals surface area contributed by atoms with Gasteiger partial charge in [0.1, 0.15) is 0 Å². The Hall–Kier alpha value is -2.72. The highest BCUT2D eigenvalue weighted by Crippen LogP contribution is 2.20. The molecule has 0 aliphatic carbocycles. The van der Waals surface area contributed by atoms with Crippen LogP contribution in [0.15, 0.2) is 59.7 Å². The molecular formula is C24H27N3O. The number of carbonyl (C=O) groups excluding carboxylic acids is 1. The summed E-state index contributed by atoms with van der Waals surface area (Å²) in [5, 5.41) is 1.16. The van der Waals surface area contributed by atoms with Gasteiger partial charge in [-0.25, -0.2) is 0 Å². The molecule has 2 aromatic carbocycles. The van der Waals surface area contributed by atoms with Crippen LogP contribution in [0.2, 0.25) is 0 Å². The number of fused-ring (bicyclic) bond motifs is 1. The standard InChI is InChI=1S/C24H27N3O/c1-18-6-4-5-14-27(18)15-13-24(28)19-9-11-21(12-10-19)25-16-20-17-26-23-8-3-2-7-22(20)23/h2-3,7-12,16-18,26H,4-6,13-15H2,1H3. The van der Waals surface area contributed by atoms with Gasteiger partial charge in [0, 0.05) is 53.4 Å². The summed E-state index contributed by atoms with van der Waals surface area (Å²) in [4.78, 5) is 22.8. The number of piperidine rings is 1. The lowest BCUT2D eigenvalue weighted by Crippen LogP contribution is -2.38. The maximum Gasteiger partial charge on any atom is 0.164 e. The van der Waals surface area contributed by atoms with Gasteiger partial charge >= 0.3 is 0 Å². The fraction of sp³-hybridized carbons (Fsp3) is 0.333. The number of rotatable bonds is 6. The van der Waals surface area contributed by atoms with Crippen LogP contribution in [0.4, 0.5) is 5.69 Å². The largest absolute Gasteiger partial charge is 0.361 e. The van der Waals surface area contributed by atoms with E-state index in [-0.39, 0.29) is 5.78 Å². The number of para-hydroxylation sites is 1. The van der Waals surface area contributed by atoms with E-state index in [1.807, 2.05) is 48.8 Å². The van der Waals surface area contributed by atoms with Crippen LogP contribution >= 0.6 is 0 Å². The summed E-state index contributed by atoms with van der Waals surface area (Å²) in [5.74, 6) is 0.213. The van der Waals surface area contributed by atoms with Crippen molar-refractivity contribution in [3.63, 3.8) is 0 Å². The molecule has 1 unspecified atom stereocenters.